The van der Waals surface area contributed by atoms with E-state index in [1.165, 1.54) is 13.3 Å². The lowest BCUT2D eigenvalue weighted by Gasteiger charge is -2.32. The van der Waals surface area contributed by atoms with Crippen molar-refractivity contribution in [2.24, 2.45) is 0 Å². The highest BCUT2D eigenvalue weighted by atomic mass is 79.9. The van der Waals surface area contributed by atoms with Crippen molar-refractivity contribution in [2.45, 2.75) is 18.9 Å². The number of nitrogens with zero attached hydrogens (tertiary/aromatic N) is 3. The molecule has 1 fully saturated rings. The highest BCUT2D eigenvalue weighted by Gasteiger charge is 2.26. The van der Waals surface area contributed by atoms with Gasteiger partial charge in [0.15, 0.2) is 0 Å². The minimum Gasteiger partial charge on any atom is -0.376 e. The molecule has 3 rings (SSSR count). The zero-order valence-electron chi connectivity index (χ0n) is 14.3. The van der Waals surface area contributed by atoms with E-state index in [0.29, 0.717) is 42.5 Å². The Hall–Kier alpha value is -2.26. The molecule has 138 valence electrons. The van der Waals surface area contributed by atoms with Gasteiger partial charge in [0, 0.05) is 36.1 Å². The fourth-order valence-electron chi connectivity index (χ4n) is 3.14. The molecule has 0 radical (unpaired) electrons. The number of carbonyl (C=O) groups excluding carboxylic acids is 1. The van der Waals surface area contributed by atoms with Gasteiger partial charge in [-0.2, -0.15) is 0 Å². The largest absolute Gasteiger partial charge is 0.376 e. The number of likely N-dealkylation sites (tertiary alicyclic amines) is 1. The lowest BCUT2D eigenvalue weighted by molar-refractivity contribution is -0.384. The van der Waals surface area contributed by atoms with Crippen LogP contribution in [0.25, 0.3) is 10.9 Å². The van der Waals surface area contributed by atoms with Crippen molar-refractivity contribution >= 4 is 44.1 Å². The van der Waals surface area contributed by atoms with Crippen LogP contribution in [-0.2, 0) is 9.53 Å². The summed E-state index contributed by atoms with van der Waals surface area (Å²) in [7, 11) is 1.50. The van der Waals surface area contributed by atoms with Crippen molar-refractivity contribution in [1.29, 1.82) is 0 Å². The van der Waals surface area contributed by atoms with E-state index in [-0.39, 0.29) is 24.2 Å². The number of aromatic nitrogens is 1. The van der Waals surface area contributed by atoms with Gasteiger partial charge in [0.25, 0.3) is 0 Å². The van der Waals surface area contributed by atoms with Crippen LogP contribution in [0.5, 0.6) is 0 Å². The molecule has 9 heteroatoms. The van der Waals surface area contributed by atoms with E-state index in [9.17, 15) is 14.9 Å². The Morgan fingerprint density at radius 1 is 1.46 bits per heavy atom. The number of nitro groups is 1. The number of methoxy groups -OCH3 is 1. The minimum atomic E-state index is -0.424. The Balaban J connectivity index is 1.82. The molecule has 2 aromatic rings. The third-order valence-electron chi connectivity index (χ3n) is 4.47. The van der Waals surface area contributed by atoms with Crippen molar-refractivity contribution in [2.75, 3.05) is 32.1 Å². The summed E-state index contributed by atoms with van der Waals surface area (Å²) in [5.74, 6) is -0.0322. The predicted molar refractivity (Wildman–Crippen MR) is 101 cm³/mol. The van der Waals surface area contributed by atoms with Gasteiger partial charge in [0.2, 0.25) is 5.91 Å². The number of fused-ring (bicyclic) bond motifs is 1. The van der Waals surface area contributed by atoms with Gasteiger partial charge >= 0.3 is 5.69 Å². The van der Waals surface area contributed by atoms with Crippen LogP contribution in [0.15, 0.2) is 28.9 Å². The van der Waals surface area contributed by atoms with E-state index in [4.69, 9.17) is 4.74 Å². The first kappa shape index (κ1) is 18.5. The standard InChI is InChI=1S/C17H19BrN4O4/c1-26-10-16(23)21-6-4-12(5-7-21)20-17-13-8-11(18)2-3-14(13)19-9-15(17)22(24)25/h2-3,8-9,12H,4-7,10H2,1H3,(H,19,20). The van der Waals surface area contributed by atoms with Gasteiger partial charge < -0.3 is 15.0 Å². The number of ether oxygens (including phenoxy) is 1. The predicted octanol–water partition coefficient (Wildman–Crippen LogP) is 2.95. The van der Waals surface area contributed by atoms with E-state index < -0.39 is 4.92 Å². The van der Waals surface area contributed by atoms with Gasteiger partial charge in [0.05, 0.1) is 10.4 Å². The summed E-state index contributed by atoms with van der Waals surface area (Å²) >= 11 is 3.41. The number of amides is 1. The van der Waals surface area contributed by atoms with Crippen molar-refractivity contribution in [1.82, 2.24) is 9.88 Å². The first-order valence-corrected chi connectivity index (χ1v) is 9.05. The van der Waals surface area contributed by atoms with Crippen LogP contribution in [-0.4, -0.2) is 53.6 Å². The van der Waals surface area contributed by atoms with E-state index in [1.54, 1.807) is 4.90 Å². The zero-order chi connectivity index (χ0) is 18.7. The number of anilines is 1. The molecule has 1 N–H and O–H groups in total. The summed E-state index contributed by atoms with van der Waals surface area (Å²) in [6.07, 6.45) is 2.71. The average Bonchev–Trinajstić information content (AvgIpc) is 2.62. The molecule has 1 amide bonds. The maximum atomic E-state index is 11.9. The molecular weight excluding hydrogens is 404 g/mol. The molecule has 1 saturated heterocycles. The maximum absolute atomic E-state index is 11.9. The van der Waals surface area contributed by atoms with E-state index in [1.807, 2.05) is 18.2 Å². The fourth-order valence-corrected chi connectivity index (χ4v) is 3.50. The second kappa shape index (κ2) is 7.96. The second-order valence-corrected chi connectivity index (χ2v) is 7.09. The number of benzene rings is 1. The molecule has 26 heavy (non-hydrogen) atoms. The van der Waals surface area contributed by atoms with E-state index in [2.05, 4.69) is 26.2 Å². The highest BCUT2D eigenvalue weighted by Crippen LogP contribution is 2.34. The summed E-state index contributed by atoms with van der Waals surface area (Å²) in [5.41, 5.74) is 1.12. The number of halogens is 1. The Bertz CT molecular complexity index is 837. The third-order valence-corrected chi connectivity index (χ3v) is 4.96. The maximum Gasteiger partial charge on any atom is 0.311 e. The summed E-state index contributed by atoms with van der Waals surface area (Å²) in [4.78, 5) is 28.9. The second-order valence-electron chi connectivity index (χ2n) is 6.17. The van der Waals surface area contributed by atoms with Gasteiger partial charge in [0.1, 0.15) is 18.5 Å². The number of nitrogens with one attached hydrogen (secondary N) is 1. The molecular formula is C17H19BrN4O4. The van der Waals surface area contributed by atoms with Crippen LogP contribution >= 0.6 is 15.9 Å². The van der Waals surface area contributed by atoms with Crippen LogP contribution < -0.4 is 5.32 Å². The SMILES string of the molecule is COCC(=O)N1CCC(Nc2c([N+](=O)[O-])cnc3ccc(Br)cc23)CC1. The Kier molecular flexibility index (Phi) is 5.67. The summed E-state index contributed by atoms with van der Waals surface area (Å²) < 4.78 is 5.72. The molecule has 2 heterocycles. The Labute approximate surface area is 158 Å². The Morgan fingerprint density at radius 2 is 2.19 bits per heavy atom. The van der Waals surface area contributed by atoms with E-state index in [0.717, 1.165) is 4.47 Å². The van der Waals surface area contributed by atoms with Gasteiger partial charge in [-0.15, -0.1) is 0 Å². The molecule has 0 aliphatic carbocycles. The molecule has 1 aromatic heterocycles. The van der Waals surface area contributed by atoms with Crippen molar-refractivity contribution in [3.8, 4) is 0 Å². The molecule has 1 aliphatic rings. The lowest BCUT2D eigenvalue weighted by Crippen LogP contribution is -2.43. The molecule has 1 aliphatic heterocycles. The number of carbonyl (C=O) groups is 1. The topological polar surface area (TPSA) is 97.6 Å². The quantitative estimate of drug-likeness (QED) is 0.587. The van der Waals surface area contributed by atoms with Crippen LogP contribution in [0, 0.1) is 10.1 Å². The van der Waals surface area contributed by atoms with Crippen LogP contribution in [0.3, 0.4) is 0 Å². The van der Waals surface area contributed by atoms with Crippen LogP contribution in [0.4, 0.5) is 11.4 Å². The summed E-state index contributed by atoms with van der Waals surface area (Å²) in [6, 6.07) is 5.55. The van der Waals surface area contributed by atoms with Crippen molar-refractivity contribution in [3.63, 3.8) is 0 Å². The first-order chi connectivity index (χ1) is 12.5. The molecule has 0 atom stereocenters. The lowest BCUT2D eigenvalue weighted by atomic mass is 10.0. The van der Waals surface area contributed by atoms with Crippen molar-refractivity contribution < 1.29 is 14.5 Å². The minimum absolute atomic E-state index is 0.0322. The molecule has 0 saturated carbocycles. The van der Waals surface area contributed by atoms with Crippen molar-refractivity contribution in [3.05, 3.63) is 39.0 Å². The number of rotatable bonds is 5. The van der Waals surface area contributed by atoms with Gasteiger partial charge in [-0.1, -0.05) is 15.9 Å². The highest BCUT2D eigenvalue weighted by molar-refractivity contribution is 9.10. The molecule has 0 unspecified atom stereocenters. The number of hydrogen-bond donors (Lipinski definition) is 1. The summed E-state index contributed by atoms with van der Waals surface area (Å²) in [5, 5.41) is 15.5. The third kappa shape index (κ3) is 3.94. The zero-order valence-corrected chi connectivity index (χ0v) is 15.9. The van der Waals surface area contributed by atoms with Gasteiger partial charge in [-0.25, -0.2) is 4.98 Å². The van der Waals surface area contributed by atoms with Crippen LogP contribution in [0.2, 0.25) is 0 Å². The number of piperidine rings is 1. The fraction of sp³-hybridized carbons (Fsp3) is 0.412. The summed E-state index contributed by atoms with van der Waals surface area (Å²) in [6.45, 7) is 1.27. The molecule has 0 spiro atoms. The van der Waals surface area contributed by atoms with Gasteiger partial charge in [-0.3, -0.25) is 14.9 Å². The van der Waals surface area contributed by atoms with E-state index >= 15 is 0 Å². The van der Waals surface area contributed by atoms with Crippen LogP contribution in [0.1, 0.15) is 12.8 Å². The average molecular weight is 423 g/mol. The number of pyridine rings is 1. The molecule has 0 bridgehead atoms. The monoisotopic (exact) mass is 422 g/mol. The smallest absolute Gasteiger partial charge is 0.311 e. The normalized spacial score (nSPS) is 15.2. The first-order valence-electron chi connectivity index (χ1n) is 8.25. The Morgan fingerprint density at radius 3 is 2.85 bits per heavy atom. The number of hydrogen-bond acceptors (Lipinski definition) is 6. The molecule has 1 aromatic carbocycles. The molecule has 8 nitrogen and oxygen atoms in total. The van der Waals surface area contributed by atoms with Gasteiger partial charge in [-0.05, 0) is 31.0 Å².